The molecule has 0 saturated carbocycles. The predicted octanol–water partition coefficient (Wildman–Crippen LogP) is 3.32. The lowest BCUT2D eigenvalue weighted by Gasteiger charge is -2.21. The number of aromatic nitrogens is 3. The lowest BCUT2D eigenvalue weighted by atomic mass is 10.2. The van der Waals surface area contributed by atoms with Crippen molar-refractivity contribution in [3.8, 4) is 0 Å². The quantitative estimate of drug-likeness (QED) is 0.286. The molecule has 0 bridgehead atoms. The van der Waals surface area contributed by atoms with Gasteiger partial charge < -0.3 is 14.8 Å². The van der Waals surface area contributed by atoms with E-state index < -0.39 is 0 Å². The van der Waals surface area contributed by atoms with Crippen molar-refractivity contribution in [2.45, 2.75) is 31.7 Å². The summed E-state index contributed by atoms with van der Waals surface area (Å²) in [5.74, 6) is 4.65. The molecular weight excluding hydrogens is 471 g/mol. The Hall–Kier alpha value is -1.29. The molecular formula is C19H29IN6S. The van der Waals surface area contributed by atoms with E-state index in [1.807, 2.05) is 30.3 Å². The van der Waals surface area contributed by atoms with E-state index in [0.717, 1.165) is 43.0 Å². The van der Waals surface area contributed by atoms with E-state index in [0.29, 0.717) is 12.5 Å². The number of nitrogens with one attached hydrogen (secondary N) is 1. The molecule has 1 N–H and O–H groups in total. The Morgan fingerprint density at radius 3 is 2.74 bits per heavy atom. The van der Waals surface area contributed by atoms with E-state index in [2.05, 4.69) is 57.7 Å². The third-order valence-electron chi connectivity index (χ3n) is 4.70. The van der Waals surface area contributed by atoms with Crippen LogP contribution in [0.2, 0.25) is 0 Å². The van der Waals surface area contributed by atoms with Crippen LogP contribution in [0.15, 0.2) is 40.2 Å². The molecule has 2 heterocycles. The van der Waals surface area contributed by atoms with Gasteiger partial charge in [-0.1, -0.05) is 18.2 Å². The first kappa shape index (κ1) is 22.0. The molecule has 1 aliphatic rings. The first-order valence-electron chi connectivity index (χ1n) is 9.23. The molecule has 1 unspecified atom stereocenters. The van der Waals surface area contributed by atoms with Gasteiger partial charge in [-0.15, -0.1) is 45.9 Å². The second-order valence-corrected chi connectivity index (χ2v) is 7.71. The molecule has 1 aromatic heterocycles. The van der Waals surface area contributed by atoms with Crippen molar-refractivity contribution in [1.29, 1.82) is 0 Å². The summed E-state index contributed by atoms with van der Waals surface area (Å²) in [7, 11) is 1.99. The molecule has 1 atom stereocenters. The highest BCUT2D eigenvalue weighted by molar-refractivity contribution is 14.0. The standard InChI is InChI=1S/C19H28N6S.HI/c1-4-20-19(21-12-18-23-22-15(2)24(18)3)25-11-10-16(13-25)14-26-17-8-6-5-7-9-17;/h5-9,16H,4,10-14H2,1-3H3,(H,20,21);1H. The monoisotopic (exact) mass is 500 g/mol. The Kier molecular flexibility index (Phi) is 8.88. The molecule has 1 aliphatic heterocycles. The minimum Gasteiger partial charge on any atom is -0.357 e. The Morgan fingerprint density at radius 1 is 1.30 bits per heavy atom. The number of hydrogen-bond donors (Lipinski definition) is 1. The number of rotatable bonds is 6. The van der Waals surface area contributed by atoms with Gasteiger partial charge in [-0.3, -0.25) is 0 Å². The van der Waals surface area contributed by atoms with E-state index in [-0.39, 0.29) is 24.0 Å². The fraction of sp³-hybridized carbons (Fsp3) is 0.526. The van der Waals surface area contributed by atoms with Crippen LogP contribution in [-0.2, 0) is 13.6 Å². The van der Waals surface area contributed by atoms with Crippen molar-refractivity contribution in [3.63, 3.8) is 0 Å². The van der Waals surface area contributed by atoms with Gasteiger partial charge >= 0.3 is 0 Å². The molecule has 1 saturated heterocycles. The minimum atomic E-state index is 0. The molecule has 148 valence electrons. The summed E-state index contributed by atoms with van der Waals surface area (Å²) in [4.78, 5) is 8.52. The van der Waals surface area contributed by atoms with Crippen molar-refractivity contribution >= 4 is 41.7 Å². The highest BCUT2D eigenvalue weighted by Gasteiger charge is 2.25. The molecule has 2 aromatic rings. The zero-order chi connectivity index (χ0) is 18.4. The fourth-order valence-electron chi connectivity index (χ4n) is 3.05. The zero-order valence-corrected chi connectivity index (χ0v) is 19.4. The van der Waals surface area contributed by atoms with Gasteiger partial charge in [0.2, 0.25) is 0 Å². The molecule has 6 nitrogen and oxygen atoms in total. The van der Waals surface area contributed by atoms with Gasteiger partial charge in [-0.2, -0.15) is 0 Å². The van der Waals surface area contributed by atoms with Crippen LogP contribution in [0.3, 0.4) is 0 Å². The second kappa shape index (κ2) is 10.9. The number of benzene rings is 1. The van der Waals surface area contributed by atoms with Crippen LogP contribution < -0.4 is 5.32 Å². The fourth-order valence-corrected chi connectivity index (χ4v) is 4.10. The lowest BCUT2D eigenvalue weighted by molar-refractivity contribution is 0.473. The Balaban J connectivity index is 0.00000261. The van der Waals surface area contributed by atoms with Gasteiger partial charge in [0.15, 0.2) is 11.8 Å². The molecule has 27 heavy (non-hydrogen) atoms. The van der Waals surface area contributed by atoms with Gasteiger partial charge in [0.1, 0.15) is 12.4 Å². The molecule has 1 fully saturated rings. The average Bonchev–Trinajstić information content (AvgIpc) is 3.26. The summed E-state index contributed by atoms with van der Waals surface area (Å²) in [6, 6.07) is 10.7. The summed E-state index contributed by atoms with van der Waals surface area (Å²) in [5, 5.41) is 11.7. The molecule has 0 spiro atoms. The van der Waals surface area contributed by atoms with Crippen LogP contribution in [0.1, 0.15) is 25.0 Å². The van der Waals surface area contributed by atoms with E-state index in [1.54, 1.807) is 0 Å². The molecule has 3 rings (SSSR count). The Bertz CT molecular complexity index is 733. The Morgan fingerprint density at radius 2 is 2.07 bits per heavy atom. The van der Waals surface area contributed by atoms with Crippen LogP contribution in [0.4, 0.5) is 0 Å². The maximum Gasteiger partial charge on any atom is 0.194 e. The number of nitrogens with zero attached hydrogens (tertiary/aromatic N) is 5. The summed E-state index contributed by atoms with van der Waals surface area (Å²) in [6.45, 7) is 7.62. The number of hydrogen-bond acceptors (Lipinski definition) is 4. The number of thioether (sulfide) groups is 1. The largest absolute Gasteiger partial charge is 0.357 e. The SMILES string of the molecule is CCNC(=NCc1nnc(C)n1C)N1CCC(CSc2ccccc2)C1.I. The average molecular weight is 500 g/mol. The second-order valence-electron chi connectivity index (χ2n) is 6.62. The first-order chi connectivity index (χ1) is 12.7. The van der Waals surface area contributed by atoms with Gasteiger partial charge in [0, 0.05) is 37.3 Å². The van der Waals surface area contributed by atoms with E-state index >= 15 is 0 Å². The number of guanidine groups is 1. The van der Waals surface area contributed by atoms with Gasteiger partial charge in [0.05, 0.1) is 0 Å². The highest BCUT2D eigenvalue weighted by Crippen LogP contribution is 2.25. The third-order valence-corrected chi connectivity index (χ3v) is 5.95. The van der Waals surface area contributed by atoms with Crippen LogP contribution in [0.25, 0.3) is 0 Å². The molecule has 8 heteroatoms. The summed E-state index contributed by atoms with van der Waals surface area (Å²) < 4.78 is 2.00. The van der Waals surface area contributed by atoms with E-state index in [9.17, 15) is 0 Å². The molecule has 0 amide bonds. The molecule has 1 aromatic carbocycles. The number of aryl methyl sites for hydroxylation is 1. The minimum absolute atomic E-state index is 0. The lowest BCUT2D eigenvalue weighted by Crippen LogP contribution is -2.40. The summed E-state index contributed by atoms with van der Waals surface area (Å²) in [5.41, 5.74) is 0. The van der Waals surface area contributed by atoms with Crippen molar-refractivity contribution in [2.24, 2.45) is 18.0 Å². The maximum atomic E-state index is 4.79. The number of likely N-dealkylation sites (tertiary alicyclic amines) is 1. The van der Waals surface area contributed by atoms with Crippen molar-refractivity contribution in [3.05, 3.63) is 42.0 Å². The smallest absolute Gasteiger partial charge is 0.194 e. The van der Waals surface area contributed by atoms with Crippen LogP contribution in [-0.4, -0.2) is 51.0 Å². The number of aliphatic imine (C=N–C) groups is 1. The van der Waals surface area contributed by atoms with Gasteiger partial charge in [0.25, 0.3) is 0 Å². The molecule has 0 aliphatic carbocycles. The zero-order valence-electron chi connectivity index (χ0n) is 16.3. The Labute approximate surface area is 183 Å². The summed E-state index contributed by atoms with van der Waals surface area (Å²) in [6.07, 6.45) is 1.22. The predicted molar refractivity (Wildman–Crippen MR) is 123 cm³/mol. The van der Waals surface area contributed by atoms with Gasteiger partial charge in [-0.05, 0) is 38.3 Å². The first-order valence-corrected chi connectivity index (χ1v) is 10.2. The molecule has 0 radical (unpaired) electrons. The summed E-state index contributed by atoms with van der Waals surface area (Å²) >= 11 is 1.95. The third kappa shape index (κ3) is 6.10. The van der Waals surface area contributed by atoms with Crippen LogP contribution in [0, 0.1) is 12.8 Å². The van der Waals surface area contributed by atoms with Crippen LogP contribution in [0.5, 0.6) is 0 Å². The van der Waals surface area contributed by atoms with Crippen molar-refractivity contribution < 1.29 is 0 Å². The normalized spacial score (nSPS) is 17.1. The van der Waals surface area contributed by atoms with Crippen molar-refractivity contribution in [2.75, 3.05) is 25.4 Å². The van der Waals surface area contributed by atoms with Crippen LogP contribution >= 0.6 is 35.7 Å². The maximum absolute atomic E-state index is 4.79. The topological polar surface area (TPSA) is 58.3 Å². The van der Waals surface area contributed by atoms with E-state index in [1.165, 1.54) is 11.3 Å². The van der Waals surface area contributed by atoms with Gasteiger partial charge in [-0.25, -0.2) is 4.99 Å². The van der Waals surface area contributed by atoms with E-state index in [4.69, 9.17) is 4.99 Å². The van der Waals surface area contributed by atoms with Crippen molar-refractivity contribution in [1.82, 2.24) is 25.0 Å². The number of halogens is 1. The highest BCUT2D eigenvalue weighted by atomic mass is 127.